The van der Waals surface area contributed by atoms with Crippen molar-refractivity contribution < 1.29 is 15.0 Å². The summed E-state index contributed by atoms with van der Waals surface area (Å²) in [6.07, 6.45) is 5.05. The first-order chi connectivity index (χ1) is 11.5. The molecular formula is C20H23NO3. The van der Waals surface area contributed by atoms with Crippen LogP contribution in [0.25, 0.3) is 0 Å². The van der Waals surface area contributed by atoms with Crippen LogP contribution in [0.3, 0.4) is 0 Å². The van der Waals surface area contributed by atoms with Crippen molar-refractivity contribution >= 4 is 5.78 Å². The molecule has 0 radical (unpaired) electrons. The Morgan fingerprint density at radius 2 is 2.17 bits per heavy atom. The number of phenolic OH excluding ortho intramolecular Hbond substituents is 1. The Kier molecular flexibility index (Phi) is 2.75. The quantitative estimate of drug-likeness (QED) is 0.813. The zero-order valence-electron chi connectivity index (χ0n) is 13.8. The molecule has 0 unspecified atom stereocenters. The van der Waals surface area contributed by atoms with Crippen LogP contribution in [0.2, 0.25) is 0 Å². The number of rotatable bonds is 2. The maximum Gasteiger partial charge on any atom is 0.137 e. The van der Waals surface area contributed by atoms with Crippen LogP contribution in [-0.2, 0) is 23.1 Å². The third-order valence-electron chi connectivity index (χ3n) is 7.30. The van der Waals surface area contributed by atoms with E-state index in [-0.39, 0.29) is 17.7 Å². The number of hydrogen-bond acceptors (Lipinski definition) is 4. The van der Waals surface area contributed by atoms with Gasteiger partial charge in [0.15, 0.2) is 0 Å². The van der Waals surface area contributed by atoms with Crippen LogP contribution >= 0.6 is 0 Å². The summed E-state index contributed by atoms with van der Waals surface area (Å²) in [6, 6.07) is 3.80. The molecule has 1 spiro atoms. The minimum atomic E-state index is -0.876. The molecule has 1 saturated carbocycles. The van der Waals surface area contributed by atoms with Crippen molar-refractivity contribution in [2.24, 2.45) is 5.92 Å². The Morgan fingerprint density at radius 3 is 2.96 bits per heavy atom. The van der Waals surface area contributed by atoms with Gasteiger partial charge in [0.25, 0.3) is 0 Å². The van der Waals surface area contributed by atoms with E-state index in [2.05, 4.69) is 11.5 Å². The highest BCUT2D eigenvalue weighted by molar-refractivity contribution is 5.87. The predicted octanol–water partition coefficient (Wildman–Crippen LogP) is 1.71. The monoisotopic (exact) mass is 325 g/mol. The molecule has 3 aliphatic carbocycles. The molecule has 4 aliphatic rings. The van der Waals surface area contributed by atoms with E-state index in [1.54, 1.807) is 6.07 Å². The molecule has 4 heteroatoms. The van der Waals surface area contributed by atoms with Gasteiger partial charge in [0.05, 0.1) is 5.60 Å². The molecule has 2 N–H and O–H groups in total. The zero-order valence-corrected chi connectivity index (χ0v) is 13.8. The molecule has 2 fully saturated rings. The Hall–Kier alpha value is -1.65. The van der Waals surface area contributed by atoms with Crippen molar-refractivity contribution in [2.45, 2.75) is 49.2 Å². The lowest BCUT2D eigenvalue weighted by Gasteiger charge is -2.64. The van der Waals surface area contributed by atoms with E-state index >= 15 is 0 Å². The molecule has 1 aromatic rings. The van der Waals surface area contributed by atoms with Gasteiger partial charge in [-0.1, -0.05) is 12.1 Å². The lowest BCUT2D eigenvalue weighted by Crippen LogP contribution is -2.74. The summed E-state index contributed by atoms with van der Waals surface area (Å²) in [7, 11) is 0. The molecule has 24 heavy (non-hydrogen) atoms. The highest BCUT2D eigenvalue weighted by Crippen LogP contribution is 2.64. The molecule has 1 aromatic carbocycles. The molecule has 0 aromatic heterocycles. The first-order valence-corrected chi connectivity index (χ1v) is 8.97. The number of hydrogen-bond donors (Lipinski definition) is 2. The second-order valence-electron chi connectivity index (χ2n) is 7.97. The normalized spacial score (nSPS) is 39.6. The van der Waals surface area contributed by atoms with Crippen LogP contribution in [0, 0.1) is 5.92 Å². The molecule has 4 atom stereocenters. The van der Waals surface area contributed by atoms with Gasteiger partial charge in [-0.25, -0.2) is 0 Å². The summed E-state index contributed by atoms with van der Waals surface area (Å²) in [4.78, 5) is 15.1. The third-order valence-corrected chi connectivity index (χ3v) is 7.30. The van der Waals surface area contributed by atoms with E-state index in [1.165, 1.54) is 5.56 Å². The van der Waals surface area contributed by atoms with Crippen molar-refractivity contribution in [2.75, 3.05) is 13.1 Å². The van der Waals surface area contributed by atoms with Gasteiger partial charge < -0.3 is 10.2 Å². The average Bonchev–Trinajstić information content (AvgIpc) is 2.91. The summed E-state index contributed by atoms with van der Waals surface area (Å²) >= 11 is 0. The maximum absolute atomic E-state index is 12.8. The third kappa shape index (κ3) is 1.42. The summed E-state index contributed by atoms with van der Waals surface area (Å²) in [5, 5.41) is 22.3. The lowest BCUT2D eigenvalue weighted by molar-refractivity contribution is -0.182. The van der Waals surface area contributed by atoms with Crippen LogP contribution in [0.1, 0.15) is 36.0 Å². The Morgan fingerprint density at radius 1 is 1.33 bits per heavy atom. The van der Waals surface area contributed by atoms with Crippen molar-refractivity contribution in [3.63, 3.8) is 0 Å². The molecule has 2 bridgehead atoms. The van der Waals surface area contributed by atoms with Gasteiger partial charge in [-0.15, -0.1) is 6.58 Å². The summed E-state index contributed by atoms with van der Waals surface area (Å²) in [5.74, 6) is 0.380. The van der Waals surface area contributed by atoms with E-state index in [1.807, 2.05) is 12.1 Å². The summed E-state index contributed by atoms with van der Waals surface area (Å²) in [6.45, 7) is 5.51. The van der Waals surface area contributed by atoms with Crippen LogP contribution < -0.4 is 0 Å². The first-order valence-electron chi connectivity index (χ1n) is 8.97. The molecule has 4 nitrogen and oxygen atoms in total. The van der Waals surface area contributed by atoms with Crippen LogP contribution in [0.5, 0.6) is 5.75 Å². The standard InChI is InChI=1S/C20H23NO3/c1-2-8-21-9-7-19-14-11-13-15(22)4-3-12(18(13)19)10-17(21)20(19,24)6-5-16(14)23/h2-4,14,17,22,24H,1,5-11H2/t14-,17+,19+,20+/m0/s1. The molecule has 5 rings (SSSR count). The highest BCUT2D eigenvalue weighted by atomic mass is 16.3. The highest BCUT2D eigenvalue weighted by Gasteiger charge is 2.71. The van der Waals surface area contributed by atoms with E-state index < -0.39 is 11.0 Å². The molecular weight excluding hydrogens is 302 g/mol. The first kappa shape index (κ1) is 14.7. The minimum Gasteiger partial charge on any atom is -0.508 e. The smallest absolute Gasteiger partial charge is 0.137 e. The van der Waals surface area contributed by atoms with Gasteiger partial charge in [0.1, 0.15) is 11.5 Å². The van der Waals surface area contributed by atoms with E-state index in [9.17, 15) is 15.0 Å². The number of aromatic hydroxyl groups is 1. The molecule has 0 amide bonds. The second kappa shape index (κ2) is 4.50. The number of ketones is 1. The fraction of sp³-hybridized carbons (Fsp3) is 0.550. The Labute approximate surface area is 141 Å². The van der Waals surface area contributed by atoms with E-state index in [0.717, 1.165) is 37.1 Å². The van der Waals surface area contributed by atoms with E-state index in [0.29, 0.717) is 25.0 Å². The van der Waals surface area contributed by atoms with Gasteiger partial charge in [-0.3, -0.25) is 9.69 Å². The molecule has 1 aliphatic heterocycles. The van der Waals surface area contributed by atoms with Crippen molar-refractivity contribution in [3.05, 3.63) is 41.5 Å². The van der Waals surface area contributed by atoms with Crippen LogP contribution in [0.15, 0.2) is 24.8 Å². The lowest BCUT2D eigenvalue weighted by atomic mass is 9.48. The van der Waals surface area contributed by atoms with Crippen molar-refractivity contribution in [3.8, 4) is 5.75 Å². The number of benzene rings is 1. The number of carbonyl (C=O) groups excluding carboxylic acids is 1. The summed E-state index contributed by atoms with van der Waals surface area (Å²) < 4.78 is 0. The van der Waals surface area contributed by atoms with Gasteiger partial charge >= 0.3 is 0 Å². The van der Waals surface area contributed by atoms with Crippen LogP contribution in [-0.4, -0.2) is 45.6 Å². The largest absolute Gasteiger partial charge is 0.508 e. The van der Waals surface area contributed by atoms with E-state index in [4.69, 9.17) is 0 Å². The number of phenols is 1. The second-order valence-corrected chi connectivity index (χ2v) is 7.97. The van der Waals surface area contributed by atoms with Crippen molar-refractivity contribution in [1.29, 1.82) is 0 Å². The SMILES string of the molecule is C=CCN1CC[C@]23c4c5ccc(O)c4C[C@H]2C(=O)CC[C@@]3(O)[C@H]1C5. The number of nitrogens with zero attached hydrogens (tertiary/aromatic N) is 1. The number of likely N-dealkylation sites (tertiary alicyclic amines) is 1. The fourth-order valence-corrected chi connectivity index (χ4v) is 6.44. The number of piperidine rings is 1. The zero-order chi connectivity index (χ0) is 16.7. The number of aliphatic hydroxyl groups is 1. The molecule has 126 valence electrons. The van der Waals surface area contributed by atoms with Gasteiger partial charge in [-0.05, 0) is 55.0 Å². The van der Waals surface area contributed by atoms with Gasteiger partial charge in [-0.2, -0.15) is 0 Å². The molecule has 1 saturated heterocycles. The predicted molar refractivity (Wildman–Crippen MR) is 90.0 cm³/mol. The summed E-state index contributed by atoms with van der Waals surface area (Å²) in [5.41, 5.74) is 1.87. The average molecular weight is 325 g/mol. The van der Waals surface area contributed by atoms with Gasteiger partial charge in [0.2, 0.25) is 0 Å². The number of Topliss-reactive ketones (excluding diaryl/α,β-unsaturated/α-hetero) is 1. The number of carbonyl (C=O) groups is 1. The Balaban J connectivity index is 1.80. The van der Waals surface area contributed by atoms with Gasteiger partial charge in [0, 0.05) is 30.3 Å². The Bertz CT molecular complexity index is 772. The molecule has 1 heterocycles. The van der Waals surface area contributed by atoms with Crippen molar-refractivity contribution in [1.82, 2.24) is 4.90 Å². The van der Waals surface area contributed by atoms with Crippen LogP contribution in [0.4, 0.5) is 0 Å². The fourth-order valence-electron chi connectivity index (χ4n) is 6.44. The minimum absolute atomic E-state index is 0.0304. The topological polar surface area (TPSA) is 60.8 Å². The maximum atomic E-state index is 12.8.